The fourth-order valence-electron chi connectivity index (χ4n) is 1.85. The van der Waals surface area contributed by atoms with E-state index >= 15 is 0 Å². The third-order valence-electron chi connectivity index (χ3n) is 2.63. The Morgan fingerprint density at radius 1 is 1.50 bits per heavy atom. The number of hydrogen-bond donors (Lipinski definition) is 1. The van der Waals surface area contributed by atoms with Gasteiger partial charge >= 0.3 is 0 Å². The predicted octanol–water partition coefficient (Wildman–Crippen LogP) is 3.48. The highest BCUT2D eigenvalue weighted by Crippen LogP contribution is 2.17. The molecular weight excluding hydrogens is 196 g/mol. The van der Waals surface area contributed by atoms with Gasteiger partial charge < -0.3 is 5.32 Å². The van der Waals surface area contributed by atoms with E-state index in [1.807, 2.05) is 24.4 Å². The largest absolute Gasteiger partial charge is 0.306 e. The molecule has 0 aliphatic carbocycles. The Morgan fingerprint density at radius 3 is 2.88 bits per heavy atom. The van der Waals surface area contributed by atoms with Gasteiger partial charge in [0.25, 0.3) is 0 Å². The van der Waals surface area contributed by atoms with E-state index in [-0.39, 0.29) is 0 Å². The van der Waals surface area contributed by atoms with Crippen molar-refractivity contribution in [3.63, 3.8) is 0 Å². The minimum atomic E-state index is 0.362. The lowest BCUT2D eigenvalue weighted by Crippen LogP contribution is -2.30. The second-order valence-corrected chi connectivity index (χ2v) is 4.19. The molecule has 0 bridgehead atoms. The van der Waals surface area contributed by atoms with Crippen LogP contribution in [0.4, 0.5) is 0 Å². The van der Waals surface area contributed by atoms with Crippen molar-refractivity contribution in [2.75, 3.05) is 0 Å². The molecule has 2 atom stereocenters. The van der Waals surface area contributed by atoms with Crippen LogP contribution in [0.2, 0.25) is 0 Å². The monoisotopic (exact) mass is 218 g/mol. The molecule has 1 heterocycles. The number of hydrogen-bond acceptors (Lipinski definition) is 2. The Morgan fingerprint density at radius 2 is 2.31 bits per heavy atom. The standard InChI is InChI=1S/C14H22N2/c1-4-8-12(3)16-14(9-5-2)13-10-6-7-11-15-13/h4,6-7,10-12,14,16H,1,5,8-9H2,2-3H3. The molecule has 0 aliphatic rings. The molecule has 0 aliphatic heterocycles. The molecule has 2 nitrogen and oxygen atoms in total. The van der Waals surface area contributed by atoms with E-state index in [4.69, 9.17) is 0 Å². The highest BCUT2D eigenvalue weighted by molar-refractivity contribution is 5.08. The van der Waals surface area contributed by atoms with Crippen LogP contribution in [0.3, 0.4) is 0 Å². The van der Waals surface area contributed by atoms with Gasteiger partial charge in [0.05, 0.1) is 5.69 Å². The van der Waals surface area contributed by atoms with Gasteiger partial charge in [-0.05, 0) is 31.9 Å². The van der Waals surface area contributed by atoms with Gasteiger partial charge in [-0.3, -0.25) is 4.98 Å². The Hall–Kier alpha value is -1.15. The maximum atomic E-state index is 4.42. The maximum Gasteiger partial charge on any atom is 0.0573 e. The van der Waals surface area contributed by atoms with Crippen LogP contribution in [-0.4, -0.2) is 11.0 Å². The van der Waals surface area contributed by atoms with E-state index in [1.165, 1.54) is 0 Å². The highest BCUT2D eigenvalue weighted by Gasteiger charge is 2.13. The average molecular weight is 218 g/mol. The van der Waals surface area contributed by atoms with Crippen molar-refractivity contribution >= 4 is 0 Å². The van der Waals surface area contributed by atoms with Crippen LogP contribution in [0.15, 0.2) is 37.1 Å². The maximum absolute atomic E-state index is 4.42. The number of nitrogens with one attached hydrogen (secondary N) is 1. The molecule has 0 fully saturated rings. The van der Waals surface area contributed by atoms with Gasteiger partial charge in [-0.15, -0.1) is 6.58 Å². The molecule has 0 aromatic carbocycles. The van der Waals surface area contributed by atoms with E-state index in [2.05, 4.69) is 36.8 Å². The number of pyridine rings is 1. The Labute approximate surface area is 98.8 Å². The zero-order valence-electron chi connectivity index (χ0n) is 10.3. The number of nitrogens with zero attached hydrogens (tertiary/aromatic N) is 1. The summed E-state index contributed by atoms with van der Waals surface area (Å²) in [6, 6.07) is 6.91. The molecule has 1 aromatic heterocycles. The lowest BCUT2D eigenvalue weighted by atomic mass is 10.1. The van der Waals surface area contributed by atoms with E-state index in [9.17, 15) is 0 Å². The van der Waals surface area contributed by atoms with E-state index in [0.717, 1.165) is 25.0 Å². The summed E-state index contributed by atoms with van der Waals surface area (Å²) in [6.07, 6.45) is 7.09. The van der Waals surface area contributed by atoms with Crippen LogP contribution in [-0.2, 0) is 0 Å². The Balaban J connectivity index is 2.64. The van der Waals surface area contributed by atoms with Crippen LogP contribution in [0.1, 0.15) is 44.8 Å². The zero-order chi connectivity index (χ0) is 11.8. The molecule has 1 aromatic rings. The highest BCUT2D eigenvalue weighted by atomic mass is 15.0. The summed E-state index contributed by atoms with van der Waals surface area (Å²) in [6.45, 7) is 8.16. The quantitative estimate of drug-likeness (QED) is 0.709. The van der Waals surface area contributed by atoms with E-state index in [1.54, 1.807) is 0 Å². The van der Waals surface area contributed by atoms with Crippen molar-refractivity contribution in [1.29, 1.82) is 0 Å². The van der Waals surface area contributed by atoms with Crippen molar-refractivity contribution in [2.24, 2.45) is 0 Å². The third-order valence-corrected chi connectivity index (χ3v) is 2.63. The molecule has 0 saturated carbocycles. The lowest BCUT2D eigenvalue weighted by molar-refractivity contribution is 0.425. The molecule has 88 valence electrons. The fraction of sp³-hybridized carbons (Fsp3) is 0.500. The van der Waals surface area contributed by atoms with Crippen LogP contribution in [0, 0.1) is 0 Å². The van der Waals surface area contributed by atoms with Crippen molar-refractivity contribution in [3.05, 3.63) is 42.7 Å². The van der Waals surface area contributed by atoms with Crippen molar-refractivity contribution in [3.8, 4) is 0 Å². The van der Waals surface area contributed by atoms with Crippen molar-refractivity contribution < 1.29 is 0 Å². The Bertz CT molecular complexity index is 295. The lowest BCUT2D eigenvalue weighted by Gasteiger charge is -2.21. The minimum Gasteiger partial charge on any atom is -0.306 e. The van der Waals surface area contributed by atoms with Gasteiger partial charge in [0, 0.05) is 18.3 Å². The molecule has 0 saturated heterocycles. The number of rotatable bonds is 7. The predicted molar refractivity (Wildman–Crippen MR) is 69.3 cm³/mol. The second-order valence-electron chi connectivity index (χ2n) is 4.19. The summed E-state index contributed by atoms with van der Waals surface area (Å²) >= 11 is 0. The molecule has 1 N–H and O–H groups in total. The summed E-state index contributed by atoms with van der Waals surface area (Å²) in [5.74, 6) is 0. The van der Waals surface area contributed by atoms with Crippen LogP contribution < -0.4 is 5.32 Å². The Kier molecular flexibility index (Phi) is 5.79. The van der Waals surface area contributed by atoms with Crippen molar-refractivity contribution in [1.82, 2.24) is 10.3 Å². The van der Waals surface area contributed by atoms with Gasteiger partial charge in [-0.1, -0.05) is 25.5 Å². The topological polar surface area (TPSA) is 24.9 Å². The molecule has 2 heteroatoms. The van der Waals surface area contributed by atoms with Crippen LogP contribution in [0.25, 0.3) is 0 Å². The molecule has 2 unspecified atom stereocenters. The summed E-state index contributed by atoms with van der Waals surface area (Å²) in [5.41, 5.74) is 1.14. The molecule has 0 spiro atoms. The van der Waals surface area contributed by atoms with Crippen LogP contribution in [0.5, 0.6) is 0 Å². The summed E-state index contributed by atoms with van der Waals surface area (Å²) in [4.78, 5) is 4.42. The molecule has 1 rings (SSSR count). The first kappa shape index (κ1) is 12.9. The summed E-state index contributed by atoms with van der Waals surface area (Å²) in [5, 5.41) is 3.60. The summed E-state index contributed by atoms with van der Waals surface area (Å²) in [7, 11) is 0. The second kappa shape index (κ2) is 7.18. The average Bonchev–Trinajstić information content (AvgIpc) is 2.30. The minimum absolute atomic E-state index is 0.362. The first-order chi connectivity index (χ1) is 7.77. The van der Waals surface area contributed by atoms with Gasteiger partial charge in [0.15, 0.2) is 0 Å². The SMILES string of the molecule is C=CCC(C)NC(CCC)c1ccccn1. The number of aromatic nitrogens is 1. The van der Waals surface area contributed by atoms with Gasteiger partial charge in [0.1, 0.15) is 0 Å². The van der Waals surface area contributed by atoms with Crippen LogP contribution >= 0.6 is 0 Å². The van der Waals surface area contributed by atoms with E-state index in [0.29, 0.717) is 12.1 Å². The summed E-state index contributed by atoms with van der Waals surface area (Å²) < 4.78 is 0. The fourth-order valence-corrected chi connectivity index (χ4v) is 1.85. The third kappa shape index (κ3) is 4.15. The molecule has 0 radical (unpaired) electrons. The van der Waals surface area contributed by atoms with Gasteiger partial charge in [0.2, 0.25) is 0 Å². The normalized spacial score (nSPS) is 14.4. The zero-order valence-corrected chi connectivity index (χ0v) is 10.3. The van der Waals surface area contributed by atoms with E-state index < -0.39 is 0 Å². The van der Waals surface area contributed by atoms with Crippen molar-refractivity contribution in [2.45, 2.75) is 45.2 Å². The first-order valence-electron chi connectivity index (χ1n) is 6.05. The first-order valence-corrected chi connectivity index (χ1v) is 6.05. The van der Waals surface area contributed by atoms with Gasteiger partial charge in [-0.2, -0.15) is 0 Å². The smallest absolute Gasteiger partial charge is 0.0573 e. The molecular formula is C14H22N2. The van der Waals surface area contributed by atoms with Gasteiger partial charge in [-0.25, -0.2) is 0 Å². The molecule has 0 amide bonds. The molecule has 16 heavy (non-hydrogen) atoms.